The molecule has 2 rings (SSSR count). The van der Waals surface area contributed by atoms with Crippen molar-refractivity contribution in [3.63, 3.8) is 0 Å². The van der Waals surface area contributed by atoms with E-state index in [4.69, 9.17) is 4.74 Å². The molecule has 1 amide bonds. The van der Waals surface area contributed by atoms with Crippen LogP contribution < -0.4 is 13.9 Å². The zero-order valence-electron chi connectivity index (χ0n) is 16.1. The molecule has 146 valence electrons. The van der Waals surface area contributed by atoms with Gasteiger partial charge in [0.1, 0.15) is 12.3 Å². The van der Waals surface area contributed by atoms with Crippen LogP contribution in [-0.2, 0) is 14.8 Å². The SMILES string of the molecule is CCN(C(=O)CN(c1ccc(OC(C)C)cc1)S(C)(=O)=O)c1ccccc1. The summed E-state index contributed by atoms with van der Waals surface area (Å²) in [5.74, 6) is 0.352. The summed E-state index contributed by atoms with van der Waals surface area (Å²) in [4.78, 5) is 14.4. The monoisotopic (exact) mass is 390 g/mol. The molecule has 6 nitrogen and oxygen atoms in total. The molecule has 0 saturated heterocycles. The molecule has 7 heteroatoms. The van der Waals surface area contributed by atoms with Gasteiger partial charge in [-0.25, -0.2) is 8.42 Å². The van der Waals surface area contributed by atoms with Crippen molar-refractivity contribution in [2.24, 2.45) is 0 Å². The first-order valence-corrected chi connectivity index (χ1v) is 10.7. The Bertz CT molecular complexity index is 849. The molecule has 0 aromatic heterocycles. The van der Waals surface area contributed by atoms with Crippen LogP contribution in [0.1, 0.15) is 20.8 Å². The highest BCUT2D eigenvalue weighted by atomic mass is 32.2. The summed E-state index contributed by atoms with van der Waals surface area (Å²) in [6.07, 6.45) is 1.12. The second kappa shape index (κ2) is 8.90. The smallest absolute Gasteiger partial charge is 0.247 e. The van der Waals surface area contributed by atoms with Gasteiger partial charge in [-0.15, -0.1) is 0 Å². The van der Waals surface area contributed by atoms with E-state index in [1.165, 1.54) is 0 Å². The number of rotatable bonds is 8. The van der Waals surface area contributed by atoms with Crippen molar-refractivity contribution < 1.29 is 17.9 Å². The Morgan fingerprint density at radius 3 is 2.07 bits per heavy atom. The van der Waals surface area contributed by atoms with E-state index in [0.717, 1.165) is 16.2 Å². The van der Waals surface area contributed by atoms with E-state index in [0.29, 0.717) is 18.0 Å². The van der Waals surface area contributed by atoms with Crippen molar-refractivity contribution >= 4 is 27.3 Å². The van der Waals surface area contributed by atoms with Crippen molar-refractivity contribution in [2.75, 3.05) is 28.6 Å². The first-order valence-electron chi connectivity index (χ1n) is 8.82. The minimum absolute atomic E-state index is 0.0208. The molecular formula is C20H26N2O4S. The van der Waals surface area contributed by atoms with Gasteiger partial charge in [0.15, 0.2) is 0 Å². The molecule has 0 fully saturated rings. The number of hydrogen-bond acceptors (Lipinski definition) is 4. The molecule has 0 spiro atoms. The van der Waals surface area contributed by atoms with Crippen molar-refractivity contribution in [3.05, 3.63) is 54.6 Å². The zero-order valence-corrected chi connectivity index (χ0v) is 16.9. The van der Waals surface area contributed by atoms with Gasteiger partial charge >= 0.3 is 0 Å². The Labute approximate surface area is 161 Å². The molecule has 0 atom stereocenters. The third kappa shape index (κ3) is 5.72. The predicted molar refractivity (Wildman–Crippen MR) is 109 cm³/mol. The van der Waals surface area contributed by atoms with Gasteiger partial charge < -0.3 is 9.64 Å². The maximum atomic E-state index is 12.8. The topological polar surface area (TPSA) is 66.9 Å². The van der Waals surface area contributed by atoms with Crippen LogP contribution in [0, 0.1) is 0 Å². The van der Waals surface area contributed by atoms with Crippen LogP contribution in [0.15, 0.2) is 54.6 Å². The quantitative estimate of drug-likeness (QED) is 0.694. The highest BCUT2D eigenvalue weighted by Gasteiger charge is 2.24. The zero-order chi connectivity index (χ0) is 20.0. The van der Waals surface area contributed by atoms with E-state index in [9.17, 15) is 13.2 Å². The van der Waals surface area contributed by atoms with Crippen LogP contribution >= 0.6 is 0 Å². The third-order valence-corrected chi connectivity index (χ3v) is 5.00. The molecule has 0 saturated carbocycles. The number of carbonyl (C=O) groups excluding carboxylic acids is 1. The average molecular weight is 391 g/mol. The fraction of sp³-hybridized carbons (Fsp3) is 0.350. The van der Waals surface area contributed by atoms with Gasteiger partial charge in [0.2, 0.25) is 15.9 Å². The van der Waals surface area contributed by atoms with Crippen molar-refractivity contribution in [1.82, 2.24) is 0 Å². The van der Waals surface area contributed by atoms with Crippen LogP contribution in [-0.4, -0.2) is 39.8 Å². The molecule has 0 bridgehead atoms. The molecule has 0 N–H and O–H groups in total. The lowest BCUT2D eigenvalue weighted by Gasteiger charge is -2.27. The second-order valence-corrected chi connectivity index (χ2v) is 8.31. The summed E-state index contributed by atoms with van der Waals surface area (Å²) in [6, 6.07) is 15.9. The van der Waals surface area contributed by atoms with Crippen molar-refractivity contribution in [3.8, 4) is 5.75 Å². The number of carbonyl (C=O) groups is 1. The molecule has 0 aliphatic heterocycles. The van der Waals surface area contributed by atoms with Crippen molar-refractivity contribution in [1.29, 1.82) is 0 Å². The number of sulfonamides is 1. The van der Waals surface area contributed by atoms with Gasteiger partial charge in [-0.1, -0.05) is 18.2 Å². The summed E-state index contributed by atoms with van der Waals surface area (Å²) in [6.45, 7) is 5.86. The number of benzene rings is 2. The fourth-order valence-corrected chi connectivity index (χ4v) is 3.53. The Hall–Kier alpha value is -2.54. The number of para-hydroxylation sites is 1. The first-order chi connectivity index (χ1) is 12.7. The van der Waals surface area contributed by atoms with Crippen molar-refractivity contribution in [2.45, 2.75) is 26.9 Å². The van der Waals surface area contributed by atoms with E-state index in [2.05, 4.69) is 0 Å². The molecule has 0 aliphatic rings. The van der Waals surface area contributed by atoms with E-state index in [-0.39, 0.29) is 18.6 Å². The summed E-state index contributed by atoms with van der Waals surface area (Å²) >= 11 is 0. The third-order valence-electron chi connectivity index (χ3n) is 3.86. The fourth-order valence-electron chi connectivity index (χ4n) is 2.68. The molecule has 2 aromatic rings. The van der Waals surface area contributed by atoms with E-state index < -0.39 is 10.0 Å². The van der Waals surface area contributed by atoms with Gasteiger partial charge in [-0.3, -0.25) is 9.10 Å². The lowest BCUT2D eigenvalue weighted by Crippen LogP contribution is -2.42. The predicted octanol–water partition coefficient (Wildman–Crippen LogP) is 3.29. The minimum atomic E-state index is -3.63. The molecule has 0 heterocycles. The molecule has 2 aromatic carbocycles. The van der Waals surface area contributed by atoms with E-state index in [1.807, 2.05) is 51.1 Å². The van der Waals surface area contributed by atoms with E-state index >= 15 is 0 Å². The highest BCUT2D eigenvalue weighted by molar-refractivity contribution is 7.92. The minimum Gasteiger partial charge on any atom is -0.491 e. The highest BCUT2D eigenvalue weighted by Crippen LogP contribution is 2.23. The van der Waals surface area contributed by atoms with Crippen LogP contribution in [0.4, 0.5) is 11.4 Å². The Morgan fingerprint density at radius 1 is 1.00 bits per heavy atom. The van der Waals surface area contributed by atoms with Gasteiger partial charge in [0.05, 0.1) is 18.0 Å². The Balaban J connectivity index is 2.25. The maximum absolute atomic E-state index is 12.8. The van der Waals surface area contributed by atoms with E-state index in [1.54, 1.807) is 29.2 Å². The number of ether oxygens (including phenoxy) is 1. The molecular weight excluding hydrogens is 364 g/mol. The summed E-state index contributed by atoms with van der Waals surface area (Å²) in [5, 5.41) is 0. The Kier molecular flexibility index (Phi) is 6.85. The van der Waals surface area contributed by atoms with Crippen LogP contribution in [0.5, 0.6) is 5.75 Å². The molecule has 0 radical (unpaired) electrons. The largest absolute Gasteiger partial charge is 0.491 e. The average Bonchev–Trinajstić information content (AvgIpc) is 2.61. The lowest BCUT2D eigenvalue weighted by molar-refractivity contribution is -0.117. The number of hydrogen-bond donors (Lipinski definition) is 0. The number of likely N-dealkylation sites (N-methyl/N-ethyl adjacent to an activating group) is 1. The molecule has 0 unspecified atom stereocenters. The normalized spacial score (nSPS) is 11.3. The number of amides is 1. The van der Waals surface area contributed by atoms with Gasteiger partial charge in [0, 0.05) is 12.2 Å². The van der Waals surface area contributed by atoms with Crippen LogP contribution in [0.3, 0.4) is 0 Å². The van der Waals surface area contributed by atoms with Gasteiger partial charge in [0.25, 0.3) is 0 Å². The lowest BCUT2D eigenvalue weighted by atomic mass is 10.2. The summed E-state index contributed by atoms with van der Waals surface area (Å²) in [7, 11) is -3.63. The van der Waals surface area contributed by atoms with Gasteiger partial charge in [-0.05, 0) is 57.2 Å². The maximum Gasteiger partial charge on any atom is 0.247 e. The van der Waals surface area contributed by atoms with Gasteiger partial charge in [-0.2, -0.15) is 0 Å². The summed E-state index contributed by atoms with van der Waals surface area (Å²) in [5.41, 5.74) is 1.16. The second-order valence-electron chi connectivity index (χ2n) is 6.40. The number of nitrogens with zero attached hydrogens (tertiary/aromatic N) is 2. The molecule has 27 heavy (non-hydrogen) atoms. The van der Waals surface area contributed by atoms with Crippen LogP contribution in [0.25, 0.3) is 0 Å². The Morgan fingerprint density at radius 2 is 1.59 bits per heavy atom. The number of anilines is 2. The standard InChI is InChI=1S/C20H26N2O4S/c1-5-21(17-9-7-6-8-10-17)20(23)15-22(27(4,24)25)18-11-13-19(14-12-18)26-16(2)3/h6-14,16H,5,15H2,1-4H3. The first kappa shape index (κ1) is 20.8. The van der Waals surface area contributed by atoms with Crippen LogP contribution in [0.2, 0.25) is 0 Å². The summed E-state index contributed by atoms with van der Waals surface area (Å²) < 4.78 is 31.3. The molecule has 0 aliphatic carbocycles.